The molecule has 128 valence electrons. The Balaban J connectivity index is 1.85. The Bertz CT molecular complexity index is 922. The SMILES string of the molecule is Cc1c(-c2ccccc2O)nnc2c([C@@H]3CCCN(C)C3)cccc12. The molecule has 1 aliphatic rings. The molecular formula is C21H23N3O. The molecule has 0 radical (unpaired) electrons. The fourth-order valence-electron chi connectivity index (χ4n) is 3.96. The number of hydrogen-bond donors (Lipinski definition) is 1. The summed E-state index contributed by atoms with van der Waals surface area (Å²) in [4.78, 5) is 2.39. The zero-order chi connectivity index (χ0) is 17.4. The smallest absolute Gasteiger partial charge is 0.125 e. The second-order valence-electron chi connectivity index (χ2n) is 7.04. The predicted octanol–water partition coefficient (Wildman–Crippen LogP) is 4.12. The minimum Gasteiger partial charge on any atom is -0.507 e. The molecule has 4 heteroatoms. The Kier molecular flexibility index (Phi) is 4.14. The summed E-state index contributed by atoms with van der Waals surface area (Å²) in [6.07, 6.45) is 2.42. The van der Waals surface area contributed by atoms with Crippen LogP contribution in [0, 0.1) is 6.92 Å². The van der Waals surface area contributed by atoms with Crippen LogP contribution in [0.15, 0.2) is 42.5 Å². The van der Waals surface area contributed by atoms with Gasteiger partial charge in [-0.3, -0.25) is 0 Å². The second-order valence-corrected chi connectivity index (χ2v) is 7.04. The number of aromatic hydroxyl groups is 1. The highest BCUT2D eigenvalue weighted by atomic mass is 16.3. The van der Waals surface area contributed by atoms with Gasteiger partial charge >= 0.3 is 0 Å². The highest BCUT2D eigenvalue weighted by Gasteiger charge is 2.22. The summed E-state index contributed by atoms with van der Waals surface area (Å²) in [6.45, 7) is 4.31. The summed E-state index contributed by atoms with van der Waals surface area (Å²) in [5.41, 5.74) is 4.85. The van der Waals surface area contributed by atoms with E-state index in [1.807, 2.05) is 18.2 Å². The maximum atomic E-state index is 10.2. The standard InChI is InChI=1S/C21H23N3O/c1-14-16-9-5-10-17(15-7-6-12-24(2)13-15)21(16)23-22-20(14)18-8-3-4-11-19(18)25/h3-5,8-11,15,25H,6-7,12-13H2,1-2H3/t15-/m1/s1. The third-order valence-electron chi connectivity index (χ3n) is 5.30. The van der Waals surface area contributed by atoms with Crippen LogP contribution in [0.25, 0.3) is 22.2 Å². The Hall–Kier alpha value is -2.46. The Morgan fingerprint density at radius 3 is 2.72 bits per heavy atom. The number of benzene rings is 2. The maximum absolute atomic E-state index is 10.2. The average molecular weight is 333 g/mol. The zero-order valence-corrected chi connectivity index (χ0v) is 14.7. The average Bonchev–Trinajstić information content (AvgIpc) is 2.63. The molecule has 0 saturated carbocycles. The Labute approximate surface area is 148 Å². The van der Waals surface area contributed by atoms with Crippen molar-refractivity contribution in [2.45, 2.75) is 25.7 Å². The van der Waals surface area contributed by atoms with Gasteiger partial charge in [-0.1, -0.05) is 30.3 Å². The number of piperidine rings is 1. The van der Waals surface area contributed by atoms with Crippen LogP contribution < -0.4 is 0 Å². The lowest BCUT2D eigenvalue weighted by atomic mass is 9.88. The third kappa shape index (κ3) is 2.87. The summed E-state index contributed by atoms with van der Waals surface area (Å²) >= 11 is 0. The number of aromatic nitrogens is 2. The number of hydrogen-bond acceptors (Lipinski definition) is 4. The van der Waals surface area contributed by atoms with E-state index in [-0.39, 0.29) is 5.75 Å². The van der Waals surface area contributed by atoms with Crippen molar-refractivity contribution in [3.8, 4) is 17.0 Å². The number of likely N-dealkylation sites (N-methyl/N-ethyl adjacent to an activating group) is 1. The minimum atomic E-state index is 0.240. The van der Waals surface area contributed by atoms with E-state index in [1.54, 1.807) is 6.07 Å². The molecule has 0 aliphatic carbocycles. The summed E-state index contributed by atoms with van der Waals surface area (Å²) in [7, 11) is 2.19. The summed E-state index contributed by atoms with van der Waals surface area (Å²) in [6, 6.07) is 13.7. The molecule has 1 fully saturated rings. The second kappa shape index (κ2) is 6.45. The molecule has 1 saturated heterocycles. The number of likely N-dealkylation sites (tertiary alicyclic amines) is 1. The molecule has 4 rings (SSSR count). The van der Waals surface area contributed by atoms with Gasteiger partial charge in [0.2, 0.25) is 0 Å². The largest absolute Gasteiger partial charge is 0.507 e. The van der Waals surface area contributed by atoms with E-state index in [0.29, 0.717) is 5.92 Å². The van der Waals surface area contributed by atoms with Crippen LogP contribution in [0.4, 0.5) is 0 Å². The van der Waals surface area contributed by atoms with Crippen molar-refractivity contribution < 1.29 is 5.11 Å². The van der Waals surface area contributed by atoms with Crippen molar-refractivity contribution in [1.82, 2.24) is 15.1 Å². The van der Waals surface area contributed by atoms with Gasteiger partial charge in [0.25, 0.3) is 0 Å². The lowest BCUT2D eigenvalue weighted by Gasteiger charge is -2.30. The number of para-hydroxylation sites is 1. The first-order valence-corrected chi connectivity index (χ1v) is 8.88. The van der Waals surface area contributed by atoms with E-state index in [4.69, 9.17) is 0 Å². The number of rotatable bonds is 2. The highest BCUT2D eigenvalue weighted by Crippen LogP contribution is 2.35. The van der Waals surface area contributed by atoms with Gasteiger partial charge in [0.1, 0.15) is 11.4 Å². The maximum Gasteiger partial charge on any atom is 0.125 e. The lowest BCUT2D eigenvalue weighted by Crippen LogP contribution is -2.31. The summed E-state index contributed by atoms with van der Waals surface area (Å²) < 4.78 is 0. The molecule has 0 amide bonds. The van der Waals surface area contributed by atoms with Gasteiger partial charge < -0.3 is 10.0 Å². The van der Waals surface area contributed by atoms with E-state index in [9.17, 15) is 5.11 Å². The van der Waals surface area contributed by atoms with Crippen LogP contribution in [-0.2, 0) is 0 Å². The van der Waals surface area contributed by atoms with Crippen LogP contribution in [-0.4, -0.2) is 40.3 Å². The van der Waals surface area contributed by atoms with Crippen molar-refractivity contribution >= 4 is 10.9 Å². The number of aryl methyl sites for hydroxylation is 1. The third-order valence-corrected chi connectivity index (χ3v) is 5.30. The molecule has 1 atom stereocenters. The van der Waals surface area contributed by atoms with E-state index < -0.39 is 0 Å². The van der Waals surface area contributed by atoms with E-state index in [2.05, 4.69) is 47.3 Å². The molecule has 1 N–H and O–H groups in total. The molecule has 3 aromatic rings. The minimum absolute atomic E-state index is 0.240. The van der Waals surface area contributed by atoms with Gasteiger partial charge in [0, 0.05) is 17.5 Å². The van der Waals surface area contributed by atoms with Crippen molar-refractivity contribution in [2.75, 3.05) is 20.1 Å². The molecule has 1 aromatic heterocycles. The van der Waals surface area contributed by atoms with E-state index >= 15 is 0 Å². The number of fused-ring (bicyclic) bond motifs is 1. The normalized spacial score (nSPS) is 18.6. The molecule has 4 nitrogen and oxygen atoms in total. The number of phenolic OH excluding ortho intramolecular Hbond substituents is 1. The predicted molar refractivity (Wildman–Crippen MR) is 101 cm³/mol. The van der Waals surface area contributed by atoms with Crippen molar-refractivity contribution in [3.63, 3.8) is 0 Å². The summed E-state index contributed by atoms with van der Waals surface area (Å²) in [5.74, 6) is 0.747. The number of nitrogens with zero attached hydrogens (tertiary/aromatic N) is 3. The molecule has 0 bridgehead atoms. The lowest BCUT2D eigenvalue weighted by molar-refractivity contribution is 0.251. The Morgan fingerprint density at radius 2 is 1.92 bits per heavy atom. The molecule has 1 aliphatic heterocycles. The monoisotopic (exact) mass is 333 g/mol. The quantitative estimate of drug-likeness (QED) is 0.766. The first-order chi connectivity index (χ1) is 12.1. The van der Waals surface area contributed by atoms with Gasteiger partial charge in [-0.25, -0.2) is 0 Å². The van der Waals surface area contributed by atoms with Gasteiger partial charge in [-0.05, 0) is 62.5 Å². The molecule has 2 heterocycles. The zero-order valence-electron chi connectivity index (χ0n) is 14.7. The van der Waals surface area contributed by atoms with E-state index in [1.165, 1.54) is 24.9 Å². The van der Waals surface area contributed by atoms with E-state index in [0.717, 1.165) is 34.3 Å². The molecule has 25 heavy (non-hydrogen) atoms. The summed E-state index contributed by atoms with van der Waals surface area (Å²) in [5, 5.41) is 20.4. The molecule has 2 aromatic carbocycles. The van der Waals surface area contributed by atoms with Gasteiger partial charge in [-0.15, -0.1) is 10.2 Å². The van der Waals surface area contributed by atoms with Gasteiger partial charge in [0.05, 0.1) is 5.52 Å². The van der Waals surface area contributed by atoms with Crippen molar-refractivity contribution in [1.29, 1.82) is 0 Å². The van der Waals surface area contributed by atoms with Crippen molar-refractivity contribution in [3.05, 3.63) is 53.6 Å². The highest BCUT2D eigenvalue weighted by molar-refractivity contribution is 5.89. The van der Waals surface area contributed by atoms with Crippen molar-refractivity contribution in [2.24, 2.45) is 0 Å². The van der Waals surface area contributed by atoms with Gasteiger partial charge in [0.15, 0.2) is 0 Å². The first kappa shape index (κ1) is 16.0. The molecule has 0 spiro atoms. The van der Waals surface area contributed by atoms with Crippen LogP contribution in [0.5, 0.6) is 5.75 Å². The van der Waals surface area contributed by atoms with Crippen LogP contribution in [0.3, 0.4) is 0 Å². The van der Waals surface area contributed by atoms with Crippen LogP contribution in [0.1, 0.15) is 29.9 Å². The molecular weight excluding hydrogens is 310 g/mol. The number of phenols is 1. The molecule has 0 unspecified atom stereocenters. The fraction of sp³-hybridized carbons (Fsp3) is 0.333. The first-order valence-electron chi connectivity index (χ1n) is 8.88. The van der Waals surface area contributed by atoms with Crippen LogP contribution in [0.2, 0.25) is 0 Å². The van der Waals surface area contributed by atoms with Gasteiger partial charge in [-0.2, -0.15) is 0 Å². The fourth-order valence-corrected chi connectivity index (χ4v) is 3.96. The Morgan fingerprint density at radius 1 is 1.08 bits per heavy atom. The van der Waals surface area contributed by atoms with Crippen LogP contribution >= 0.6 is 0 Å². The topological polar surface area (TPSA) is 49.3 Å².